The van der Waals surface area contributed by atoms with Gasteiger partial charge < -0.3 is 10.4 Å². The van der Waals surface area contributed by atoms with Crippen LogP contribution in [-0.4, -0.2) is 21.7 Å². The molecule has 0 aliphatic heterocycles. The first-order valence-electron chi connectivity index (χ1n) is 7.14. The van der Waals surface area contributed by atoms with E-state index in [9.17, 15) is 13.9 Å². The summed E-state index contributed by atoms with van der Waals surface area (Å²) < 4.78 is 26.1. The number of thiophene rings is 1. The van der Waals surface area contributed by atoms with Gasteiger partial charge in [-0.1, -0.05) is 18.2 Å². The van der Waals surface area contributed by atoms with Crippen LogP contribution in [0.2, 0.25) is 0 Å². The van der Waals surface area contributed by atoms with E-state index < -0.39 is 12.2 Å². The highest BCUT2D eigenvalue weighted by Gasteiger charge is 2.18. The number of hydrogen-bond acceptors (Lipinski definition) is 5. The van der Waals surface area contributed by atoms with Crippen LogP contribution in [0.4, 0.5) is 14.6 Å². The second-order valence-corrected chi connectivity index (χ2v) is 5.95. The van der Waals surface area contributed by atoms with E-state index in [0.29, 0.717) is 23.1 Å². The fourth-order valence-electron chi connectivity index (χ4n) is 2.37. The molecule has 0 bridgehead atoms. The van der Waals surface area contributed by atoms with Gasteiger partial charge in [-0.15, -0.1) is 11.3 Å². The van der Waals surface area contributed by atoms with E-state index in [1.54, 1.807) is 29.5 Å². The summed E-state index contributed by atoms with van der Waals surface area (Å²) >= 11 is 1.54. The van der Waals surface area contributed by atoms with E-state index in [4.69, 9.17) is 0 Å². The summed E-state index contributed by atoms with van der Waals surface area (Å²) in [6, 6.07) is 10.7. The van der Waals surface area contributed by atoms with Crippen molar-refractivity contribution in [1.82, 2.24) is 9.97 Å². The molecule has 2 heterocycles. The van der Waals surface area contributed by atoms with E-state index in [2.05, 4.69) is 15.3 Å². The Balaban J connectivity index is 2.03. The van der Waals surface area contributed by atoms with Crippen molar-refractivity contribution in [3.05, 3.63) is 52.5 Å². The molecular formula is C16H15F2N3OS. The number of alkyl halides is 2. The normalized spacial score (nSPS) is 12.7. The summed E-state index contributed by atoms with van der Waals surface area (Å²) in [5.41, 5.74) is 0.467. The van der Waals surface area contributed by atoms with Gasteiger partial charge in [-0.2, -0.15) is 0 Å². The lowest BCUT2D eigenvalue weighted by atomic mass is 10.1. The van der Waals surface area contributed by atoms with Crippen LogP contribution < -0.4 is 5.32 Å². The van der Waals surface area contributed by atoms with Gasteiger partial charge in [0.2, 0.25) is 0 Å². The standard InChI is InChI=1S/C16H15F2N3OS/c17-14(18)16-19-11-5-2-1-4-10(11)15(21-16)20-12(7-8-22)13-6-3-9-23-13/h1-6,9,12,14,22H,7-8H2,(H,19,20,21). The Morgan fingerprint density at radius 1 is 1.13 bits per heavy atom. The largest absolute Gasteiger partial charge is 0.396 e. The predicted octanol–water partition coefficient (Wildman–Crippen LogP) is 4.16. The van der Waals surface area contributed by atoms with Crippen molar-refractivity contribution >= 4 is 28.1 Å². The molecule has 7 heteroatoms. The second kappa shape index (κ2) is 6.97. The highest BCUT2D eigenvalue weighted by Crippen LogP contribution is 2.30. The quantitative estimate of drug-likeness (QED) is 0.710. The van der Waals surface area contributed by atoms with Crippen LogP contribution >= 0.6 is 11.3 Å². The minimum absolute atomic E-state index is 0.0136. The van der Waals surface area contributed by atoms with E-state index >= 15 is 0 Å². The summed E-state index contributed by atoms with van der Waals surface area (Å²) in [4.78, 5) is 8.90. The maximum absolute atomic E-state index is 13.0. The summed E-state index contributed by atoms with van der Waals surface area (Å²) in [5.74, 6) is -0.141. The van der Waals surface area contributed by atoms with Crippen molar-refractivity contribution in [2.24, 2.45) is 0 Å². The Labute approximate surface area is 135 Å². The molecule has 0 saturated carbocycles. The maximum atomic E-state index is 13.0. The molecule has 0 radical (unpaired) electrons. The van der Waals surface area contributed by atoms with Crippen LogP contribution in [0.3, 0.4) is 0 Å². The SMILES string of the molecule is OCCC(Nc1nc(C(F)F)nc2ccccc12)c1cccs1. The molecule has 2 N–H and O–H groups in total. The van der Waals surface area contributed by atoms with Crippen LogP contribution in [0.1, 0.15) is 29.6 Å². The van der Waals surface area contributed by atoms with Gasteiger partial charge in [0.15, 0.2) is 5.82 Å². The Bertz CT molecular complexity index is 780. The van der Waals surface area contributed by atoms with Gasteiger partial charge in [-0.05, 0) is 30.0 Å². The predicted molar refractivity (Wildman–Crippen MR) is 86.9 cm³/mol. The zero-order valence-electron chi connectivity index (χ0n) is 12.1. The fourth-order valence-corrected chi connectivity index (χ4v) is 3.18. The van der Waals surface area contributed by atoms with E-state index in [1.165, 1.54) is 0 Å². The molecule has 4 nitrogen and oxygen atoms in total. The van der Waals surface area contributed by atoms with Crippen molar-refractivity contribution in [1.29, 1.82) is 0 Å². The first-order valence-corrected chi connectivity index (χ1v) is 8.02. The first kappa shape index (κ1) is 15.8. The monoisotopic (exact) mass is 335 g/mol. The van der Waals surface area contributed by atoms with Gasteiger partial charge >= 0.3 is 0 Å². The number of para-hydroxylation sites is 1. The molecule has 0 amide bonds. The molecule has 3 rings (SSSR count). The zero-order chi connectivity index (χ0) is 16.2. The molecule has 120 valence electrons. The molecule has 2 aromatic heterocycles. The number of hydrogen-bond donors (Lipinski definition) is 2. The van der Waals surface area contributed by atoms with Crippen molar-refractivity contribution in [3.8, 4) is 0 Å². The average Bonchev–Trinajstić information content (AvgIpc) is 3.08. The highest BCUT2D eigenvalue weighted by molar-refractivity contribution is 7.10. The van der Waals surface area contributed by atoms with Crippen LogP contribution in [-0.2, 0) is 0 Å². The molecular weight excluding hydrogens is 320 g/mol. The maximum Gasteiger partial charge on any atom is 0.297 e. The Morgan fingerprint density at radius 2 is 1.96 bits per heavy atom. The summed E-state index contributed by atoms with van der Waals surface area (Å²) in [6.45, 7) is -0.0136. The van der Waals surface area contributed by atoms with Crippen LogP contribution in [0.15, 0.2) is 41.8 Å². The number of aromatic nitrogens is 2. The number of halogens is 2. The first-order chi connectivity index (χ1) is 11.2. The van der Waals surface area contributed by atoms with E-state index in [-0.39, 0.29) is 12.6 Å². The second-order valence-electron chi connectivity index (χ2n) is 4.97. The van der Waals surface area contributed by atoms with Crippen LogP contribution in [0, 0.1) is 0 Å². The fraction of sp³-hybridized carbons (Fsp3) is 0.250. The lowest BCUT2D eigenvalue weighted by Crippen LogP contribution is -2.13. The zero-order valence-corrected chi connectivity index (χ0v) is 12.9. The third kappa shape index (κ3) is 3.46. The van der Waals surface area contributed by atoms with Gasteiger partial charge in [-0.25, -0.2) is 18.7 Å². The molecule has 1 atom stereocenters. The van der Waals surface area contributed by atoms with Gasteiger partial charge in [0.25, 0.3) is 6.43 Å². The molecule has 3 aromatic rings. The highest BCUT2D eigenvalue weighted by atomic mass is 32.1. The molecule has 0 aliphatic rings. The van der Waals surface area contributed by atoms with Crippen molar-refractivity contribution in [3.63, 3.8) is 0 Å². The molecule has 0 aliphatic carbocycles. The number of nitrogens with one attached hydrogen (secondary N) is 1. The minimum Gasteiger partial charge on any atom is -0.396 e. The van der Waals surface area contributed by atoms with Gasteiger partial charge in [0, 0.05) is 16.9 Å². The van der Waals surface area contributed by atoms with Crippen molar-refractivity contribution < 1.29 is 13.9 Å². The topological polar surface area (TPSA) is 58.0 Å². The Hall–Kier alpha value is -2.12. The lowest BCUT2D eigenvalue weighted by molar-refractivity contribution is 0.141. The number of aliphatic hydroxyl groups excluding tert-OH is 1. The lowest BCUT2D eigenvalue weighted by Gasteiger charge is -2.19. The summed E-state index contributed by atoms with van der Waals surface area (Å²) in [7, 11) is 0. The van der Waals surface area contributed by atoms with Gasteiger partial charge in [0.05, 0.1) is 11.6 Å². The number of nitrogens with zero attached hydrogens (tertiary/aromatic N) is 2. The summed E-state index contributed by atoms with van der Waals surface area (Å²) in [6.07, 6.45) is -2.28. The Morgan fingerprint density at radius 3 is 2.65 bits per heavy atom. The number of fused-ring (bicyclic) bond motifs is 1. The third-order valence-electron chi connectivity index (χ3n) is 3.43. The van der Waals surface area contributed by atoms with Crippen molar-refractivity contribution in [2.45, 2.75) is 18.9 Å². The average molecular weight is 335 g/mol. The summed E-state index contributed by atoms with van der Waals surface area (Å²) in [5, 5.41) is 15.1. The smallest absolute Gasteiger partial charge is 0.297 e. The number of benzene rings is 1. The van der Waals surface area contributed by atoms with Crippen LogP contribution in [0.25, 0.3) is 10.9 Å². The van der Waals surface area contributed by atoms with Gasteiger partial charge in [0.1, 0.15) is 5.82 Å². The number of anilines is 1. The minimum atomic E-state index is -2.74. The van der Waals surface area contributed by atoms with Gasteiger partial charge in [-0.3, -0.25) is 0 Å². The third-order valence-corrected chi connectivity index (χ3v) is 4.42. The van der Waals surface area contributed by atoms with E-state index in [1.807, 2.05) is 23.6 Å². The van der Waals surface area contributed by atoms with Crippen LogP contribution in [0.5, 0.6) is 0 Å². The Kier molecular flexibility index (Phi) is 4.78. The number of aliphatic hydroxyl groups is 1. The molecule has 23 heavy (non-hydrogen) atoms. The molecule has 0 fully saturated rings. The molecule has 1 unspecified atom stereocenters. The van der Waals surface area contributed by atoms with E-state index in [0.717, 1.165) is 4.88 Å². The molecule has 0 spiro atoms. The molecule has 1 aromatic carbocycles. The van der Waals surface area contributed by atoms with Crippen molar-refractivity contribution in [2.75, 3.05) is 11.9 Å². The molecule has 0 saturated heterocycles. The number of rotatable bonds is 6.